The fourth-order valence-corrected chi connectivity index (χ4v) is 4.56. The van der Waals surface area contributed by atoms with Gasteiger partial charge in [0.15, 0.2) is 6.61 Å². The molecule has 0 spiro atoms. The molecule has 0 bridgehead atoms. The molecule has 190 valence electrons. The zero-order valence-corrected chi connectivity index (χ0v) is 23.5. The number of ether oxygens (including phenoxy) is 1. The molecule has 2 amide bonds. The molecular weight excluding hydrogens is 563 g/mol. The van der Waals surface area contributed by atoms with E-state index >= 15 is 0 Å². The first-order valence-corrected chi connectivity index (χ1v) is 13.0. The number of carbonyl (C=O) groups is 2. The molecule has 5 nitrogen and oxygen atoms in total. The van der Waals surface area contributed by atoms with Crippen molar-refractivity contribution in [3.8, 4) is 5.75 Å². The van der Waals surface area contributed by atoms with Gasteiger partial charge in [-0.25, -0.2) is 0 Å². The summed E-state index contributed by atoms with van der Waals surface area (Å²) in [5.74, 6) is -0.239. The third-order valence-corrected chi connectivity index (χ3v) is 6.47. The maximum absolute atomic E-state index is 13.6. The minimum absolute atomic E-state index is 0.144. The summed E-state index contributed by atoms with van der Waals surface area (Å²) in [6.07, 6.45) is 0.331. The van der Waals surface area contributed by atoms with Crippen LogP contribution in [0.1, 0.15) is 31.9 Å². The molecule has 0 aliphatic heterocycles. The quantitative estimate of drug-likeness (QED) is 0.302. The highest BCUT2D eigenvalue weighted by Crippen LogP contribution is 2.28. The van der Waals surface area contributed by atoms with E-state index in [0.29, 0.717) is 22.2 Å². The van der Waals surface area contributed by atoms with Crippen molar-refractivity contribution in [2.75, 3.05) is 6.61 Å². The number of rotatable bonds is 9. The van der Waals surface area contributed by atoms with Crippen molar-refractivity contribution in [2.45, 2.75) is 45.3 Å². The predicted molar refractivity (Wildman–Crippen MR) is 148 cm³/mol. The van der Waals surface area contributed by atoms with Crippen molar-refractivity contribution < 1.29 is 14.3 Å². The van der Waals surface area contributed by atoms with Gasteiger partial charge in [0.05, 0.1) is 5.02 Å². The van der Waals surface area contributed by atoms with Crippen LogP contribution in [-0.4, -0.2) is 34.9 Å². The normalized spacial score (nSPS) is 12.1. The number of halogens is 3. The van der Waals surface area contributed by atoms with Crippen LogP contribution in [0.4, 0.5) is 0 Å². The van der Waals surface area contributed by atoms with E-state index in [-0.39, 0.29) is 25.0 Å². The number of amides is 2. The number of nitrogens with zero attached hydrogens (tertiary/aromatic N) is 1. The maximum atomic E-state index is 13.6. The summed E-state index contributed by atoms with van der Waals surface area (Å²) in [5.41, 5.74) is 1.18. The maximum Gasteiger partial charge on any atom is 0.261 e. The smallest absolute Gasteiger partial charge is 0.261 e. The fraction of sp³-hybridized carbons (Fsp3) is 0.286. The van der Waals surface area contributed by atoms with E-state index in [9.17, 15) is 9.59 Å². The van der Waals surface area contributed by atoms with E-state index in [1.54, 1.807) is 24.3 Å². The molecule has 36 heavy (non-hydrogen) atoms. The standard InChI is InChI=1S/C28H29BrCl2N2O3/c1-28(2,3)32-27(35)24(15-19-9-5-4-6-10-19)33(17-20-11-7-8-12-22(20)30)26(34)18-36-25-14-13-21(29)16-23(25)31/h4-14,16,24H,15,17-18H2,1-3H3,(H,32,35). The highest BCUT2D eigenvalue weighted by molar-refractivity contribution is 9.10. The van der Waals surface area contributed by atoms with Crippen molar-refractivity contribution in [1.82, 2.24) is 10.2 Å². The van der Waals surface area contributed by atoms with Gasteiger partial charge >= 0.3 is 0 Å². The van der Waals surface area contributed by atoms with E-state index in [1.165, 1.54) is 4.90 Å². The highest BCUT2D eigenvalue weighted by Gasteiger charge is 2.32. The molecule has 3 rings (SSSR count). The molecule has 0 radical (unpaired) electrons. The van der Waals surface area contributed by atoms with Crippen LogP contribution in [0.5, 0.6) is 5.75 Å². The third-order valence-electron chi connectivity index (χ3n) is 5.31. The fourth-order valence-electron chi connectivity index (χ4n) is 3.63. The van der Waals surface area contributed by atoms with Crippen molar-refractivity contribution in [3.63, 3.8) is 0 Å². The molecule has 0 heterocycles. The number of carbonyl (C=O) groups excluding carboxylic acids is 2. The molecule has 0 saturated carbocycles. The second-order valence-corrected chi connectivity index (χ2v) is 11.2. The lowest BCUT2D eigenvalue weighted by atomic mass is 10.0. The molecule has 0 aliphatic carbocycles. The van der Waals surface area contributed by atoms with Crippen LogP contribution in [0, 0.1) is 0 Å². The Labute approximate surface area is 230 Å². The van der Waals surface area contributed by atoms with Crippen molar-refractivity contribution in [3.05, 3.63) is 98.4 Å². The molecular formula is C28H29BrCl2N2O3. The third kappa shape index (κ3) is 8.26. The summed E-state index contributed by atoms with van der Waals surface area (Å²) in [7, 11) is 0. The SMILES string of the molecule is CC(C)(C)NC(=O)C(Cc1ccccc1)N(Cc1ccccc1Cl)C(=O)COc1ccc(Br)cc1Cl. The molecule has 0 aromatic heterocycles. The van der Waals surface area contributed by atoms with Gasteiger partial charge in [0, 0.05) is 28.0 Å². The monoisotopic (exact) mass is 590 g/mol. The largest absolute Gasteiger partial charge is 0.482 e. The van der Waals surface area contributed by atoms with Crippen LogP contribution < -0.4 is 10.1 Å². The van der Waals surface area contributed by atoms with Gasteiger partial charge in [-0.1, -0.05) is 87.7 Å². The summed E-state index contributed by atoms with van der Waals surface area (Å²) < 4.78 is 6.57. The second-order valence-electron chi connectivity index (χ2n) is 9.42. The highest BCUT2D eigenvalue weighted by atomic mass is 79.9. The number of hydrogen-bond donors (Lipinski definition) is 1. The summed E-state index contributed by atoms with van der Waals surface area (Å²) in [5, 5.41) is 3.92. The minimum Gasteiger partial charge on any atom is -0.482 e. The van der Waals surface area contributed by atoms with Crippen LogP contribution in [0.2, 0.25) is 10.0 Å². The Morgan fingerprint density at radius 3 is 2.28 bits per heavy atom. The van der Waals surface area contributed by atoms with Gasteiger partial charge in [0.25, 0.3) is 5.91 Å². The average molecular weight is 592 g/mol. The Balaban J connectivity index is 1.95. The van der Waals surface area contributed by atoms with Crippen LogP contribution in [0.3, 0.4) is 0 Å². The number of nitrogens with one attached hydrogen (secondary N) is 1. The van der Waals surface area contributed by atoms with E-state index in [4.69, 9.17) is 27.9 Å². The van der Waals surface area contributed by atoms with Crippen LogP contribution in [0.25, 0.3) is 0 Å². The average Bonchev–Trinajstić information content (AvgIpc) is 2.81. The lowest BCUT2D eigenvalue weighted by Crippen LogP contribution is -2.55. The van der Waals surface area contributed by atoms with E-state index in [0.717, 1.165) is 15.6 Å². The Bertz CT molecular complexity index is 1200. The molecule has 0 saturated heterocycles. The predicted octanol–water partition coefficient (Wildman–Crippen LogP) is 6.69. The van der Waals surface area contributed by atoms with E-state index in [2.05, 4.69) is 21.2 Å². The van der Waals surface area contributed by atoms with Crippen LogP contribution >= 0.6 is 39.1 Å². The topological polar surface area (TPSA) is 58.6 Å². The van der Waals surface area contributed by atoms with Crippen LogP contribution in [-0.2, 0) is 22.6 Å². The molecule has 0 aliphatic rings. The summed E-state index contributed by atoms with van der Waals surface area (Å²) >= 11 is 16.1. The molecule has 0 fully saturated rings. The lowest BCUT2D eigenvalue weighted by molar-refractivity contribution is -0.143. The second kappa shape index (κ2) is 12.6. The molecule has 8 heteroatoms. The first-order chi connectivity index (χ1) is 17.0. The molecule has 3 aromatic carbocycles. The summed E-state index contributed by atoms with van der Waals surface area (Å²) in [4.78, 5) is 28.7. The Morgan fingerprint density at radius 2 is 1.64 bits per heavy atom. The Hall–Kier alpha value is -2.54. The van der Waals surface area contributed by atoms with E-state index < -0.39 is 11.6 Å². The molecule has 1 N–H and O–H groups in total. The van der Waals surface area contributed by atoms with Crippen molar-refractivity contribution in [2.24, 2.45) is 0 Å². The molecule has 1 atom stereocenters. The first-order valence-electron chi connectivity index (χ1n) is 11.5. The van der Waals surface area contributed by atoms with Gasteiger partial charge in [-0.15, -0.1) is 0 Å². The summed E-state index contributed by atoms with van der Waals surface area (Å²) in [6, 6.07) is 21.3. The van der Waals surface area contributed by atoms with E-state index in [1.807, 2.05) is 69.3 Å². The Morgan fingerprint density at radius 1 is 0.972 bits per heavy atom. The zero-order valence-electron chi connectivity index (χ0n) is 20.4. The first kappa shape index (κ1) is 28.0. The Kier molecular flexibility index (Phi) is 9.83. The van der Waals surface area contributed by atoms with Crippen molar-refractivity contribution in [1.29, 1.82) is 0 Å². The number of hydrogen-bond acceptors (Lipinski definition) is 3. The van der Waals surface area contributed by atoms with Gasteiger partial charge in [-0.3, -0.25) is 9.59 Å². The molecule has 1 unspecified atom stereocenters. The molecule has 3 aromatic rings. The van der Waals surface area contributed by atoms with Gasteiger partial charge in [0.2, 0.25) is 5.91 Å². The lowest BCUT2D eigenvalue weighted by Gasteiger charge is -2.34. The van der Waals surface area contributed by atoms with Crippen LogP contribution in [0.15, 0.2) is 77.3 Å². The number of benzene rings is 3. The van der Waals surface area contributed by atoms with Gasteiger partial charge in [-0.05, 0) is 56.2 Å². The van der Waals surface area contributed by atoms with Gasteiger partial charge < -0.3 is 15.0 Å². The van der Waals surface area contributed by atoms with Gasteiger partial charge in [0.1, 0.15) is 11.8 Å². The van der Waals surface area contributed by atoms with Crippen molar-refractivity contribution >= 4 is 50.9 Å². The van der Waals surface area contributed by atoms with Gasteiger partial charge in [-0.2, -0.15) is 0 Å². The zero-order chi connectivity index (χ0) is 26.3. The minimum atomic E-state index is -0.792. The summed E-state index contributed by atoms with van der Waals surface area (Å²) in [6.45, 7) is 5.57.